The average Bonchev–Trinajstić information content (AvgIpc) is 2.93. The van der Waals surface area contributed by atoms with Crippen LogP contribution in [0.3, 0.4) is 0 Å². The lowest BCUT2D eigenvalue weighted by Crippen LogP contribution is -2.30. The van der Waals surface area contributed by atoms with Crippen LogP contribution in [0.1, 0.15) is 49.9 Å². The second kappa shape index (κ2) is 13.6. The standard InChI is InChI=1S/C32H33ClN2O3/c1-3-5-12-31(32(36)37-4-2)38-30-13-7-6-10-25(30)22-34-28-11-8-9-23(20-28)14-18-27-19-16-24-15-17-26(33)21-29(24)35-27/h6-11,13-21,31,34H,3-5,12,22H2,1-2H3/b18-14+. The van der Waals surface area contributed by atoms with E-state index in [1.165, 1.54) is 0 Å². The predicted molar refractivity (Wildman–Crippen MR) is 156 cm³/mol. The number of esters is 1. The van der Waals surface area contributed by atoms with Crippen LogP contribution in [0.5, 0.6) is 5.75 Å². The van der Waals surface area contributed by atoms with Gasteiger partial charge in [0.2, 0.25) is 0 Å². The Morgan fingerprint density at radius 3 is 2.68 bits per heavy atom. The molecule has 196 valence electrons. The Morgan fingerprint density at radius 1 is 1.00 bits per heavy atom. The molecule has 1 aromatic heterocycles. The molecule has 4 aromatic rings. The summed E-state index contributed by atoms with van der Waals surface area (Å²) < 4.78 is 11.4. The molecule has 3 aromatic carbocycles. The van der Waals surface area contributed by atoms with Gasteiger partial charge in [-0.25, -0.2) is 9.78 Å². The van der Waals surface area contributed by atoms with Gasteiger partial charge >= 0.3 is 5.97 Å². The number of unbranched alkanes of at least 4 members (excludes halogenated alkanes) is 1. The Bertz CT molecular complexity index is 1400. The van der Waals surface area contributed by atoms with E-state index in [1.807, 2.05) is 91.9 Å². The van der Waals surface area contributed by atoms with Gasteiger partial charge in [-0.3, -0.25) is 0 Å². The van der Waals surface area contributed by atoms with Crippen LogP contribution in [-0.2, 0) is 16.1 Å². The third-order valence-electron chi connectivity index (χ3n) is 6.10. The maximum absolute atomic E-state index is 12.4. The zero-order valence-corrected chi connectivity index (χ0v) is 22.6. The number of rotatable bonds is 12. The summed E-state index contributed by atoms with van der Waals surface area (Å²) in [6.07, 6.45) is 5.94. The molecule has 0 radical (unpaired) electrons. The van der Waals surface area contributed by atoms with Crippen molar-refractivity contribution in [3.05, 3.63) is 101 Å². The highest BCUT2D eigenvalue weighted by atomic mass is 35.5. The largest absolute Gasteiger partial charge is 0.478 e. The smallest absolute Gasteiger partial charge is 0.347 e. The molecule has 0 saturated carbocycles. The van der Waals surface area contributed by atoms with Gasteiger partial charge in [0.25, 0.3) is 0 Å². The SMILES string of the molecule is CCCCC(Oc1ccccc1CNc1cccc(/C=C/c2ccc3ccc(Cl)cc3n2)c1)C(=O)OCC. The highest BCUT2D eigenvalue weighted by Gasteiger charge is 2.22. The lowest BCUT2D eigenvalue weighted by atomic mass is 10.1. The number of carbonyl (C=O) groups excluding carboxylic acids is 1. The first-order valence-electron chi connectivity index (χ1n) is 13.0. The lowest BCUT2D eigenvalue weighted by Gasteiger charge is -2.20. The van der Waals surface area contributed by atoms with Crippen LogP contribution < -0.4 is 10.1 Å². The van der Waals surface area contributed by atoms with Gasteiger partial charge in [0.1, 0.15) is 5.75 Å². The minimum Gasteiger partial charge on any atom is -0.478 e. The number of fused-ring (bicyclic) bond motifs is 1. The van der Waals surface area contributed by atoms with Crippen LogP contribution in [0.25, 0.3) is 23.1 Å². The normalized spacial score (nSPS) is 12.0. The summed E-state index contributed by atoms with van der Waals surface area (Å²) in [4.78, 5) is 17.1. The molecule has 0 spiro atoms. The second-order valence-electron chi connectivity index (χ2n) is 8.99. The topological polar surface area (TPSA) is 60.5 Å². The monoisotopic (exact) mass is 528 g/mol. The minimum absolute atomic E-state index is 0.313. The third kappa shape index (κ3) is 7.59. The van der Waals surface area contributed by atoms with E-state index < -0.39 is 6.10 Å². The van der Waals surface area contributed by atoms with Crippen LogP contribution >= 0.6 is 11.6 Å². The molecule has 0 fully saturated rings. The fourth-order valence-electron chi connectivity index (χ4n) is 4.10. The number of carbonyl (C=O) groups is 1. The average molecular weight is 529 g/mol. The molecule has 0 saturated heterocycles. The van der Waals surface area contributed by atoms with Crippen molar-refractivity contribution in [3.63, 3.8) is 0 Å². The van der Waals surface area contributed by atoms with E-state index in [1.54, 1.807) is 0 Å². The Morgan fingerprint density at radius 2 is 1.84 bits per heavy atom. The first-order valence-corrected chi connectivity index (χ1v) is 13.4. The van der Waals surface area contributed by atoms with Crippen molar-refractivity contribution in [1.29, 1.82) is 0 Å². The van der Waals surface area contributed by atoms with Gasteiger partial charge in [-0.2, -0.15) is 0 Å². The van der Waals surface area contributed by atoms with Crippen LogP contribution in [0.4, 0.5) is 5.69 Å². The quantitative estimate of drug-likeness (QED) is 0.188. The van der Waals surface area contributed by atoms with Crippen LogP contribution in [-0.4, -0.2) is 23.7 Å². The van der Waals surface area contributed by atoms with Crippen LogP contribution in [0.2, 0.25) is 5.02 Å². The van der Waals surface area contributed by atoms with Crippen molar-refractivity contribution in [2.45, 2.75) is 45.8 Å². The number of anilines is 1. The molecule has 0 bridgehead atoms. The van der Waals surface area contributed by atoms with Crippen molar-refractivity contribution in [3.8, 4) is 5.75 Å². The summed E-state index contributed by atoms with van der Waals surface area (Å²) in [5.74, 6) is 0.375. The van der Waals surface area contributed by atoms with E-state index in [4.69, 9.17) is 26.1 Å². The molecule has 1 N–H and O–H groups in total. The van der Waals surface area contributed by atoms with Gasteiger partial charge in [-0.05, 0) is 67.8 Å². The molecule has 0 aliphatic heterocycles. The minimum atomic E-state index is -0.607. The zero-order chi connectivity index (χ0) is 26.7. The van der Waals surface area contributed by atoms with E-state index >= 15 is 0 Å². The summed E-state index contributed by atoms with van der Waals surface area (Å²) >= 11 is 6.12. The van der Waals surface area contributed by atoms with Gasteiger partial charge < -0.3 is 14.8 Å². The number of ether oxygens (including phenoxy) is 2. The first-order chi connectivity index (χ1) is 18.6. The molecular formula is C32H33ClN2O3. The maximum atomic E-state index is 12.4. The Balaban J connectivity index is 1.43. The number of aromatic nitrogens is 1. The Hall–Kier alpha value is -3.83. The number of nitrogens with one attached hydrogen (secondary N) is 1. The zero-order valence-electron chi connectivity index (χ0n) is 21.8. The number of nitrogens with zero attached hydrogens (tertiary/aromatic N) is 1. The van der Waals surface area contributed by atoms with Crippen LogP contribution in [0, 0.1) is 0 Å². The Labute approximate surface area is 229 Å². The third-order valence-corrected chi connectivity index (χ3v) is 6.34. The van der Waals surface area contributed by atoms with Crippen LogP contribution in [0.15, 0.2) is 78.9 Å². The van der Waals surface area contributed by atoms with Gasteiger partial charge in [0, 0.05) is 28.2 Å². The number of hydrogen-bond acceptors (Lipinski definition) is 5. The molecular weight excluding hydrogens is 496 g/mol. The maximum Gasteiger partial charge on any atom is 0.347 e. The number of pyridine rings is 1. The summed E-state index contributed by atoms with van der Waals surface area (Å²) in [5, 5.41) is 5.21. The molecule has 38 heavy (non-hydrogen) atoms. The van der Waals surface area contributed by atoms with Crippen molar-refractivity contribution in [2.75, 3.05) is 11.9 Å². The fraction of sp³-hybridized carbons (Fsp3) is 0.250. The van der Waals surface area contributed by atoms with Gasteiger partial charge in [0.05, 0.1) is 17.8 Å². The number of para-hydroxylation sites is 1. The highest BCUT2D eigenvalue weighted by molar-refractivity contribution is 6.31. The summed E-state index contributed by atoms with van der Waals surface area (Å²) in [5.41, 5.74) is 4.74. The van der Waals surface area contributed by atoms with Gasteiger partial charge in [-0.1, -0.05) is 73.5 Å². The van der Waals surface area contributed by atoms with E-state index in [0.717, 1.165) is 46.3 Å². The highest BCUT2D eigenvalue weighted by Crippen LogP contribution is 2.24. The molecule has 0 amide bonds. The molecule has 6 heteroatoms. The molecule has 5 nitrogen and oxygen atoms in total. The fourth-order valence-corrected chi connectivity index (χ4v) is 4.26. The van der Waals surface area contributed by atoms with Gasteiger partial charge in [0.15, 0.2) is 6.10 Å². The van der Waals surface area contributed by atoms with Crippen molar-refractivity contribution < 1.29 is 14.3 Å². The van der Waals surface area contributed by atoms with Crippen molar-refractivity contribution in [2.24, 2.45) is 0 Å². The second-order valence-corrected chi connectivity index (χ2v) is 9.43. The first kappa shape index (κ1) is 27.2. The molecule has 1 atom stereocenters. The van der Waals surface area contributed by atoms with Gasteiger partial charge in [-0.15, -0.1) is 0 Å². The number of benzene rings is 3. The van der Waals surface area contributed by atoms with E-state index in [0.29, 0.717) is 30.3 Å². The van der Waals surface area contributed by atoms with Crippen molar-refractivity contribution in [1.82, 2.24) is 4.98 Å². The summed E-state index contributed by atoms with van der Waals surface area (Å²) in [7, 11) is 0. The molecule has 1 heterocycles. The lowest BCUT2D eigenvalue weighted by molar-refractivity contribution is -0.151. The molecule has 4 rings (SSSR count). The number of halogens is 1. The Kier molecular flexibility index (Phi) is 9.77. The van der Waals surface area contributed by atoms with E-state index in [-0.39, 0.29) is 5.97 Å². The molecule has 0 aliphatic rings. The number of hydrogen-bond donors (Lipinski definition) is 1. The summed E-state index contributed by atoms with van der Waals surface area (Å²) in [6.45, 7) is 4.80. The van der Waals surface area contributed by atoms with Crippen molar-refractivity contribution >= 4 is 46.3 Å². The predicted octanol–water partition coefficient (Wildman–Crippen LogP) is 8.17. The summed E-state index contributed by atoms with van der Waals surface area (Å²) in [6, 6.07) is 25.7. The van der Waals surface area contributed by atoms with E-state index in [2.05, 4.69) is 18.3 Å². The molecule has 0 aliphatic carbocycles. The molecule has 1 unspecified atom stereocenters. The van der Waals surface area contributed by atoms with E-state index in [9.17, 15) is 4.79 Å².